The number of hydrogen-bond acceptors (Lipinski definition) is 8. The smallest absolute Gasteiger partial charge is 0.0205 e. The average Bonchev–Trinajstić information content (AvgIpc) is 2.89. The molecule has 0 bridgehead atoms. The first kappa shape index (κ1) is 32.9. The third-order valence-corrected chi connectivity index (χ3v) is 6.04. The van der Waals surface area contributed by atoms with Gasteiger partial charge in [-0.05, 0) is 127 Å². The largest absolute Gasteiger partial charge is 0.330 e. The molecule has 0 radical (unpaired) electrons. The van der Waals surface area contributed by atoms with Gasteiger partial charge in [-0.2, -0.15) is 0 Å². The predicted octanol–water partition coefficient (Wildman–Crippen LogP) is 1.39. The van der Waals surface area contributed by atoms with Crippen LogP contribution in [-0.4, -0.2) is 72.0 Å². The van der Waals surface area contributed by atoms with E-state index >= 15 is 0 Å². The summed E-state index contributed by atoms with van der Waals surface area (Å²) in [6, 6.07) is 7.05. The van der Waals surface area contributed by atoms with Crippen molar-refractivity contribution in [1.29, 1.82) is 0 Å². The zero-order valence-corrected chi connectivity index (χ0v) is 23.2. The van der Waals surface area contributed by atoms with Crippen molar-refractivity contribution in [2.45, 2.75) is 71.5 Å². The van der Waals surface area contributed by atoms with Gasteiger partial charge in [-0.25, -0.2) is 0 Å². The van der Waals surface area contributed by atoms with Gasteiger partial charge < -0.3 is 43.4 Å². The van der Waals surface area contributed by atoms with E-state index in [9.17, 15) is 0 Å². The molecule has 0 atom stereocenters. The maximum absolute atomic E-state index is 5.54. The first-order valence-electron chi connectivity index (χ1n) is 14.6. The van der Waals surface area contributed by atoms with E-state index in [4.69, 9.17) is 11.5 Å². The monoisotopic (exact) mass is 506 g/mol. The van der Waals surface area contributed by atoms with Gasteiger partial charge in [-0.1, -0.05) is 31.5 Å². The van der Waals surface area contributed by atoms with Gasteiger partial charge in [0.15, 0.2) is 0 Å². The molecule has 210 valence electrons. The number of benzene rings is 1. The lowest BCUT2D eigenvalue weighted by molar-refractivity contribution is 0.577. The van der Waals surface area contributed by atoms with Crippen LogP contribution in [0.5, 0.6) is 0 Å². The third kappa shape index (κ3) is 20.0. The molecular formula is C28H58N8. The summed E-state index contributed by atoms with van der Waals surface area (Å²) in [4.78, 5) is 0. The highest BCUT2D eigenvalue weighted by molar-refractivity contribution is 5.30. The van der Waals surface area contributed by atoms with Gasteiger partial charge in [-0.3, -0.25) is 0 Å². The Morgan fingerprint density at radius 2 is 0.750 bits per heavy atom. The normalized spacial score (nSPS) is 11.4. The fourth-order valence-electron chi connectivity index (χ4n) is 3.99. The molecule has 0 unspecified atom stereocenters. The minimum atomic E-state index is 0.759. The first-order valence-corrected chi connectivity index (χ1v) is 14.6. The first-order chi connectivity index (χ1) is 17.8. The van der Waals surface area contributed by atoms with E-state index in [0.29, 0.717) is 0 Å². The maximum Gasteiger partial charge on any atom is 0.0205 e. The number of unbranched alkanes of at least 4 members (excludes halogenated alkanes) is 1. The molecule has 1 aromatic carbocycles. The molecule has 0 aromatic heterocycles. The van der Waals surface area contributed by atoms with E-state index in [-0.39, 0.29) is 0 Å². The minimum Gasteiger partial charge on any atom is -0.330 e. The highest BCUT2D eigenvalue weighted by atomic mass is 14.9. The lowest BCUT2D eigenvalue weighted by Gasteiger charge is -2.13. The molecule has 10 N–H and O–H groups in total. The molecule has 0 aliphatic carbocycles. The van der Waals surface area contributed by atoms with Gasteiger partial charge in [-0.15, -0.1) is 0 Å². The molecule has 0 saturated carbocycles. The summed E-state index contributed by atoms with van der Waals surface area (Å²) >= 11 is 0. The fraction of sp³-hybridized carbons (Fsp3) is 0.786. The number of nitrogens with two attached hydrogens (primary N) is 2. The quantitative estimate of drug-likeness (QED) is 0.0842. The van der Waals surface area contributed by atoms with Crippen LogP contribution in [0.15, 0.2) is 18.2 Å². The lowest BCUT2D eigenvalue weighted by atomic mass is 10.0. The van der Waals surface area contributed by atoms with Gasteiger partial charge in [0.2, 0.25) is 0 Å². The second kappa shape index (κ2) is 25.5. The van der Waals surface area contributed by atoms with E-state index in [1.165, 1.54) is 29.5 Å². The van der Waals surface area contributed by atoms with Crippen molar-refractivity contribution < 1.29 is 0 Å². The molecule has 0 spiro atoms. The van der Waals surface area contributed by atoms with E-state index < -0.39 is 0 Å². The van der Waals surface area contributed by atoms with Crippen LogP contribution >= 0.6 is 0 Å². The third-order valence-electron chi connectivity index (χ3n) is 6.04. The van der Waals surface area contributed by atoms with Crippen molar-refractivity contribution in [3.63, 3.8) is 0 Å². The zero-order chi connectivity index (χ0) is 25.9. The standard InChI is InChI=1S/C28H58N8/c1-2-3-11-31-14-6-17-34-23-26-20-27(24-35-18-7-15-32-12-4-9-29)22-28(21-26)25-36-19-8-16-33-13-5-10-30/h20-22,31-36H,2-19,23-25,29-30H2,1H3. The van der Waals surface area contributed by atoms with Crippen LogP contribution in [0.4, 0.5) is 0 Å². The maximum atomic E-state index is 5.54. The molecular weight excluding hydrogens is 448 g/mol. The predicted molar refractivity (Wildman–Crippen MR) is 156 cm³/mol. The van der Waals surface area contributed by atoms with Crippen LogP contribution in [0.3, 0.4) is 0 Å². The molecule has 0 amide bonds. The Morgan fingerprint density at radius 3 is 1.08 bits per heavy atom. The van der Waals surface area contributed by atoms with Crippen molar-refractivity contribution in [3.8, 4) is 0 Å². The van der Waals surface area contributed by atoms with Crippen LogP contribution in [0.2, 0.25) is 0 Å². The highest BCUT2D eigenvalue weighted by Crippen LogP contribution is 2.11. The second-order valence-electron chi connectivity index (χ2n) is 9.64. The van der Waals surface area contributed by atoms with Crippen LogP contribution in [0.1, 0.15) is 68.6 Å². The lowest BCUT2D eigenvalue weighted by Crippen LogP contribution is -2.24. The molecule has 0 saturated heterocycles. The summed E-state index contributed by atoms with van der Waals surface area (Å²) in [5.74, 6) is 0. The number of nitrogens with one attached hydrogen (secondary N) is 6. The molecule has 0 aliphatic heterocycles. The van der Waals surface area contributed by atoms with Crippen LogP contribution in [0, 0.1) is 0 Å². The number of rotatable bonds is 27. The Hall–Kier alpha value is -1.10. The Kier molecular flexibility index (Phi) is 23.4. The van der Waals surface area contributed by atoms with Crippen molar-refractivity contribution in [2.24, 2.45) is 11.5 Å². The second-order valence-corrected chi connectivity index (χ2v) is 9.64. The van der Waals surface area contributed by atoms with Crippen molar-refractivity contribution in [2.75, 3.05) is 72.0 Å². The molecule has 0 fully saturated rings. The molecule has 36 heavy (non-hydrogen) atoms. The van der Waals surface area contributed by atoms with Crippen molar-refractivity contribution >= 4 is 0 Å². The summed E-state index contributed by atoms with van der Waals surface area (Å²) in [6.07, 6.45) is 8.04. The molecule has 8 heteroatoms. The summed E-state index contributed by atoms with van der Waals surface area (Å²) in [6.45, 7) is 15.9. The number of hydrogen-bond donors (Lipinski definition) is 8. The van der Waals surface area contributed by atoms with Crippen LogP contribution in [-0.2, 0) is 19.6 Å². The van der Waals surface area contributed by atoms with E-state index in [0.717, 1.165) is 124 Å². The van der Waals surface area contributed by atoms with Crippen LogP contribution in [0.25, 0.3) is 0 Å². The molecule has 1 rings (SSSR count). The summed E-state index contributed by atoms with van der Waals surface area (Å²) in [5.41, 5.74) is 15.2. The summed E-state index contributed by atoms with van der Waals surface area (Å²) in [7, 11) is 0. The van der Waals surface area contributed by atoms with Gasteiger partial charge in [0.25, 0.3) is 0 Å². The molecule has 0 aliphatic rings. The van der Waals surface area contributed by atoms with Gasteiger partial charge >= 0.3 is 0 Å². The van der Waals surface area contributed by atoms with Gasteiger partial charge in [0.1, 0.15) is 0 Å². The fourth-order valence-corrected chi connectivity index (χ4v) is 3.99. The Morgan fingerprint density at radius 1 is 0.444 bits per heavy atom. The topological polar surface area (TPSA) is 124 Å². The van der Waals surface area contributed by atoms with Crippen molar-refractivity contribution in [1.82, 2.24) is 31.9 Å². The highest BCUT2D eigenvalue weighted by Gasteiger charge is 2.03. The summed E-state index contributed by atoms with van der Waals surface area (Å²) < 4.78 is 0. The Bertz CT molecular complexity index is 506. The van der Waals surface area contributed by atoms with Gasteiger partial charge in [0.05, 0.1) is 0 Å². The Balaban J connectivity index is 2.40. The van der Waals surface area contributed by atoms with E-state index in [2.05, 4.69) is 57.0 Å². The average molecular weight is 507 g/mol. The zero-order valence-electron chi connectivity index (χ0n) is 23.2. The summed E-state index contributed by atoms with van der Waals surface area (Å²) in [5, 5.41) is 21.3. The van der Waals surface area contributed by atoms with E-state index in [1.54, 1.807) is 0 Å². The van der Waals surface area contributed by atoms with Gasteiger partial charge in [0, 0.05) is 19.6 Å². The van der Waals surface area contributed by atoms with Crippen LogP contribution < -0.4 is 43.4 Å². The molecule has 0 heterocycles. The van der Waals surface area contributed by atoms with E-state index in [1.807, 2.05) is 0 Å². The van der Waals surface area contributed by atoms with Crippen molar-refractivity contribution in [3.05, 3.63) is 34.9 Å². The minimum absolute atomic E-state index is 0.759. The Labute approximate surface area is 221 Å². The molecule has 1 aromatic rings. The molecule has 8 nitrogen and oxygen atoms in total. The SMILES string of the molecule is CCCCNCCCNCc1cc(CNCCCNCCCN)cc(CNCCCNCCCN)c1.